The molecule has 1 aromatic heterocycles. The summed E-state index contributed by atoms with van der Waals surface area (Å²) in [4.78, 5) is 19.2. The second-order valence-corrected chi connectivity index (χ2v) is 7.88. The first-order valence-corrected chi connectivity index (χ1v) is 9.55. The highest BCUT2D eigenvalue weighted by Gasteiger charge is 2.30. The number of rotatable bonds is 3. The number of carbonyl (C=O) groups excluding carboxylic acids is 1. The van der Waals surface area contributed by atoms with Gasteiger partial charge < -0.3 is 10.6 Å². The van der Waals surface area contributed by atoms with Gasteiger partial charge in [0.25, 0.3) is 5.91 Å². The van der Waals surface area contributed by atoms with Crippen LogP contribution in [0.15, 0.2) is 23.6 Å². The zero-order valence-electron chi connectivity index (χ0n) is 14.2. The van der Waals surface area contributed by atoms with Gasteiger partial charge in [-0.1, -0.05) is 30.1 Å². The van der Waals surface area contributed by atoms with Crippen molar-refractivity contribution < 1.29 is 4.79 Å². The number of aromatic nitrogens is 1. The highest BCUT2D eigenvalue weighted by molar-refractivity contribution is 7.13. The summed E-state index contributed by atoms with van der Waals surface area (Å²) in [6.07, 6.45) is 1.95. The van der Waals surface area contributed by atoms with Crippen LogP contribution >= 0.6 is 59.4 Å². The van der Waals surface area contributed by atoms with Crippen LogP contribution in [-0.2, 0) is 0 Å². The molecule has 1 fully saturated rings. The third-order valence-electron chi connectivity index (χ3n) is 4.40. The average Bonchev–Trinajstić information content (AvgIpc) is 3.03. The summed E-state index contributed by atoms with van der Waals surface area (Å²) in [5.74, 6) is 0.548. The fourth-order valence-electron chi connectivity index (χ4n) is 3.05. The second-order valence-electron chi connectivity index (χ2n) is 6.18. The van der Waals surface area contributed by atoms with E-state index in [0.29, 0.717) is 28.2 Å². The van der Waals surface area contributed by atoms with E-state index in [1.165, 1.54) is 11.3 Å². The number of carbonyl (C=O) groups is 1. The maximum absolute atomic E-state index is 12.8. The normalized spacial score (nSPS) is 19.5. The topological polar surface area (TPSA) is 59.2 Å². The summed E-state index contributed by atoms with van der Waals surface area (Å²) < 4.78 is 0. The molecule has 0 spiro atoms. The molecule has 1 saturated heterocycles. The van der Waals surface area contributed by atoms with Crippen LogP contribution in [0.2, 0.25) is 10.0 Å². The number of nitrogens with zero attached hydrogens (tertiary/aromatic N) is 2. The molecule has 2 atom stereocenters. The van der Waals surface area contributed by atoms with Gasteiger partial charge in [-0.2, -0.15) is 0 Å². The Bertz CT molecular complexity index is 755. The van der Waals surface area contributed by atoms with Gasteiger partial charge in [0.2, 0.25) is 0 Å². The molecule has 26 heavy (non-hydrogen) atoms. The first-order chi connectivity index (χ1) is 11.5. The van der Waals surface area contributed by atoms with Gasteiger partial charge in [-0.25, -0.2) is 4.98 Å². The number of hydrogen-bond donors (Lipinski definition) is 1. The molecule has 3 rings (SSSR count). The number of hydrogen-bond acceptors (Lipinski definition) is 4. The Kier molecular flexibility index (Phi) is 9.13. The summed E-state index contributed by atoms with van der Waals surface area (Å²) >= 11 is 13.6. The zero-order valence-corrected chi connectivity index (χ0v) is 18.1. The first-order valence-electron chi connectivity index (χ1n) is 7.91. The van der Waals surface area contributed by atoms with E-state index in [2.05, 4.69) is 11.9 Å². The largest absolute Gasteiger partial charge is 0.333 e. The Morgan fingerprint density at radius 2 is 2.12 bits per heavy atom. The van der Waals surface area contributed by atoms with Crippen molar-refractivity contribution in [2.75, 3.05) is 13.1 Å². The van der Waals surface area contributed by atoms with E-state index in [9.17, 15) is 4.79 Å². The molecule has 0 radical (unpaired) electrons. The van der Waals surface area contributed by atoms with E-state index in [1.54, 1.807) is 17.5 Å². The van der Waals surface area contributed by atoms with Gasteiger partial charge in [-0.15, -0.1) is 36.2 Å². The van der Waals surface area contributed by atoms with Crippen molar-refractivity contribution in [1.29, 1.82) is 0 Å². The molecule has 2 unspecified atom stereocenters. The van der Waals surface area contributed by atoms with Crippen LogP contribution in [0.25, 0.3) is 10.6 Å². The minimum atomic E-state index is -0.0510. The SMILES string of the molecule is CC1CCN(C(=O)c2csc(-c3ccc(Cl)cc3Cl)n2)C(CN)C1.Cl.Cl. The van der Waals surface area contributed by atoms with Crippen molar-refractivity contribution in [3.8, 4) is 10.6 Å². The Labute approximate surface area is 179 Å². The number of thiazole rings is 1. The van der Waals surface area contributed by atoms with Crippen LogP contribution in [0.5, 0.6) is 0 Å². The van der Waals surface area contributed by atoms with Crippen molar-refractivity contribution in [1.82, 2.24) is 9.88 Å². The fraction of sp³-hybridized carbons (Fsp3) is 0.412. The molecule has 1 aliphatic rings. The quantitative estimate of drug-likeness (QED) is 0.693. The number of benzene rings is 1. The molecule has 4 nitrogen and oxygen atoms in total. The van der Waals surface area contributed by atoms with Gasteiger partial charge in [0, 0.05) is 35.1 Å². The minimum Gasteiger partial charge on any atom is -0.333 e. The number of likely N-dealkylation sites (tertiary alicyclic amines) is 1. The molecule has 2 aromatic rings. The maximum atomic E-state index is 12.8. The zero-order chi connectivity index (χ0) is 17.3. The Morgan fingerprint density at radius 3 is 2.77 bits per heavy atom. The number of nitrogens with two attached hydrogens (primary N) is 1. The first kappa shape index (κ1) is 23.5. The van der Waals surface area contributed by atoms with E-state index < -0.39 is 0 Å². The lowest BCUT2D eigenvalue weighted by Gasteiger charge is -2.37. The van der Waals surface area contributed by atoms with Gasteiger partial charge in [-0.05, 0) is 37.0 Å². The van der Waals surface area contributed by atoms with E-state index in [4.69, 9.17) is 28.9 Å². The summed E-state index contributed by atoms with van der Waals surface area (Å²) in [5, 5.41) is 3.61. The lowest BCUT2D eigenvalue weighted by Crippen LogP contribution is -2.49. The molecule has 1 amide bonds. The number of amides is 1. The monoisotopic (exact) mass is 455 g/mol. The number of piperidine rings is 1. The van der Waals surface area contributed by atoms with E-state index in [1.807, 2.05) is 11.0 Å². The standard InChI is InChI=1S/C17H19Cl2N3OS.2ClH/c1-10-4-5-22(12(6-10)8-20)17(23)15-9-24-16(21-15)13-3-2-11(18)7-14(13)19;;/h2-3,7,9-10,12H,4-6,8,20H2,1H3;2*1H. The molecule has 1 aliphatic heterocycles. The van der Waals surface area contributed by atoms with Gasteiger partial charge in [-0.3, -0.25) is 4.79 Å². The van der Waals surface area contributed by atoms with E-state index in [-0.39, 0.29) is 36.8 Å². The molecule has 2 heterocycles. The van der Waals surface area contributed by atoms with E-state index >= 15 is 0 Å². The van der Waals surface area contributed by atoms with Crippen LogP contribution in [-0.4, -0.2) is 34.9 Å². The van der Waals surface area contributed by atoms with Crippen molar-refractivity contribution in [3.63, 3.8) is 0 Å². The highest BCUT2D eigenvalue weighted by Crippen LogP contribution is 2.33. The molecule has 0 aliphatic carbocycles. The third-order valence-corrected chi connectivity index (χ3v) is 5.82. The van der Waals surface area contributed by atoms with E-state index in [0.717, 1.165) is 30.0 Å². The molecule has 144 valence electrons. The Balaban J connectivity index is 0.00000169. The fourth-order valence-corrected chi connectivity index (χ4v) is 4.43. The van der Waals surface area contributed by atoms with Crippen LogP contribution in [0.3, 0.4) is 0 Å². The molecular weight excluding hydrogens is 436 g/mol. The molecule has 0 saturated carbocycles. The van der Waals surface area contributed by atoms with Crippen molar-refractivity contribution in [2.45, 2.75) is 25.8 Å². The Morgan fingerprint density at radius 1 is 1.38 bits per heavy atom. The van der Waals surface area contributed by atoms with Crippen molar-refractivity contribution in [3.05, 3.63) is 39.3 Å². The average molecular weight is 457 g/mol. The van der Waals surface area contributed by atoms with Gasteiger partial charge in [0.05, 0.1) is 5.02 Å². The van der Waals surface area contributed by atoms with Gasteiger partial charge in [0.15, 0.2) is 0 Å². The molecule has 2 N–H and O–H groups in total. The van der Waals surface area contributed by atoms with Crippen LogP contribution in [0.1, 0.15) is 30.3 Å². The molecule has 0 bridgehead atoms. The Hall–Kier alpha value is -0.560. The predicted molar refractivity (Wildman–Crippen MR) is 114 cm³/mol. The second kappa shape index (κ2) is 10.1. The number of halogens is 4. The highest BCUT2D eigenvalue weighted by atomic mass is 35.5. The third kappa shape index (κ3) is 5.03. The van der Waals surface area contributed by atoms with Crippen LogP contribution < -0.4 is 5.73 Å². The summed E-state index contributed by atoms with van der Waals surface area (Å²) in [6, 6.07) is 5.36. The van der Waals surface area contributed by atoms with Crippen LogP contribution in [0.4, 0.5) is 0 Å². The van der Waals surface area contributed by atoms with Gasteiger partial charge in [0.1, 0.15) is 10.7 Å². The molecule has 1 aromatic carbocycles. The maximum Gasteiger partial charge on any atom is 0.273 e. The van der Waals surface area contributed by atoms with Gasteiger partial charge >= 0.3 is 0 Å². The van der Waals surface area contributed by atoms with Crippen molar-refractivity contribution >= 4 is 65.3 Å². The smallest absolute Gasteiger partial charge is 0.273 e. The lowest BCUT2D eigenvalue weighted by molar-refractivity contribution is 0.0568. The summed E-state index contributed by atoms with van der Waals surface area (Å²) in [5.41, 5.74) is 7.10. The summed E-state index contributed by atoms with van der Waals surface area (Å²) in [7, 11) is 0. The summed E-state index contributed by atoms with van der Waals surface area (Å²) in [6.45, 7) is 3.42. The lowest BCUT2D eigenvalue weighted by atomic mass is 9.92. The molecular formula is C17H21Cl4N3OS. The van der Waals surface area contributed by atoms with Crippen molar-refractivity contribution in [2.24, 2.45) is 11.7 Å². The van der Waals surface area contributed by atoms with Crippen LogP contribution in [0, 0.1) is 5.92 Å². The minimum absolute atomic E-state index is 0. The molecule has 9 heteroatoms. The predicted octanol–water partition coefficient (Wildman–Crippen LogP) is 5.16.